The molecule has 0 bridgehead atoms. The standard InChI is InChI=1S/C46H33N3Si/c1-5-18-34(19-6-1)42-33-43(48-46(47-42)49-44-30-15-13-28-40(44)41-29-14-16-31-45(41)49)35-20-17-27-39(32-35)50(36-21-7-2-8-22-36,37-23-9-3-10-24-37)38-25-11-4-12-26-38/h1-33H/i1D,5D,6D,17D,18D,19D,20D,27D,32D. The van der Waals surface area contributed by atoms with Crippen LogP contribution in [0.1, 0.15) is 12.3 Å². The predicted molar refractivity (Wildman–Crippen MR) is 211 cm³/mol. The van der Waals surface area contributed by atoms with Crippen LogP contribution >= 0.6 is 0 Å². The van der Waals surface area contributed by atoms with Crippen LogP contribution in [0.4, 0.5) is 0 Å². The van der Waals surface area contributed by atoms with Gasteiger partial charge >= 0.3 is 0 Å². The Kier molecular flexibility index (Phi) is 5.43. The van der Waals surface area contributed by atoms with Crippen molar-refractivity contribution < 1.29 is 12.3 Å². The van der Waals surface area contributed by atoms with Crippen LogP contribution in [0.5, 0.6) is 0 Å². The number of aromatic nitrogens is 3. The van der Waals surface area contributed by atoms with E-state index in [0.717, 1.165) is 37.4 Å². The highest BCUT2D eigenvalue weighted by Gasteiger charge is 2.41. The number of nitrogens with zero attached hydrogens (tertiary/aromatic N) is 3. The highest BCUT2D eigenvalue weighted by Crippen LogP contribution is 2.33. The first-order valence-electron chi connectivity index (χ1n) is 20.8. The fourth-order valence-corrected chi connectivity index (χ4v) is 11.5. The first-order valence-corrected chi connectivity index (χ1v) is 18.3. The Morgan fingerprint density at radius 3 is 1.44 bits per heavy atom. The molecule has 0 fully saturated rings. The van der Waals surface area contributed by atoms with E-state index in [4.69, 9.17) is 16.8 Å². The van der Waals surface area contributed by atoms with Gasteiger partial charge in [0.05, 0.1) is 34.8 Å². The quantitative estimate of drug-likeness (QED) is 0.127. The minimum atomic E-state index is -3.62. The van der Waals surface area contributed by atoms with Gasteiger partial charge in [0.2, 0.25) is 5.95 Å². The van der Waals surface area contributed by atoms with Gasteiger partial charge in [-0.1, -0.05) is 182 Å². The van der Waals surface area contributed by atoms with Crippen molar-refractivity contribution in [3.63, 3.8) is 0 Å². The Balaban J connectivity index is 1.45. The van der Waals surface area contributed by atoms with E-state index >= 15 is 0 Å². The molecule has 236 valence electrons. The molecule has 0 aliphatic carbocycles. The van der Waals surface area contributed by atoms with Gasteiger partial charge in [-0.2, -0.15) is 0 Å². The molecule has 7 aromatic carbocycles. The van der Waals surface area contributed by atoms with Gasteiger partial charge in [-0.3, -0.25) is 4.57 Å². The molecule has 50 heavy (non-hydrogen) atoms. The molecule has 0 aliphatic heterocycles. The van der Waals surface area contributed by atoms with Gasteiger partial charge < -0.3 is 0 Å². The van der Waals surface area contributed by atoms with Gasteiger partial charge in [0.25, 0.3) is 0 Å². The molecule has 0 amide bonds. The van der Waals surface area contributed by atoms with Crippen LogP contribution in [0.15, 0.2) is 200 Å². The molecule has 0 atom stereocenters. The first-order chi connectivity index (χ1) is 28.5. The summed E-state index contributed by atoms with van der Waals surface area (Å²) < 4.78 is 83.7. The fraction of sp³-hybridized carbons (Fsp3) is 0. The lowest BCUT2D eigenvalue weighted by atomic mass is 10.1. The van der Waals surface area contributed by atoms with Crippen LogP contribution in [0, 0.1) is 0 Å². The van der Waals surface area contributed by atoms with Gasteiger partial charge in [0.1, 0.15) is 0 Å². The third kappa shape index (κ3) is 4.97. The average Bonchev–Trinajstić information content (AvgIpc) is 3.61. The zero-order valence-corrected chi connectivity index (χ0v) is 27.7. The predicted octanol–water partition coefficient (Wildman–Crippen LogP) is 8.29. The summed E-state index contributed by atoms with van der Waals surface area (Å²) in [6, 6.07) is 42.2. The van der Waals surface area contributed by atoms with Crippen molar-refractivity contribution >= 4 is 50.6 Å². The monoisotopic (exact) mass is 664 g/mol. The van der Waals surface area contributed by atoms with E-state index in [2.05, 4.69) is 0 Å². The summed E-state index contributed by atoms with van der Waals surface area (Å²) in [6.45, 7) is 0. The van der Waals surface area contributed by atoms with E-state index in [1.165, 1.54) is 6.07 Å². The van der Waals surface area contributed by atoms with E-state index in [9.17, 15) is 5.48 Å². The minimum absolute atomic E-state index is 0.0246. The summed E-state index contributed by atoms with van der Waals surface area (Å²) >= 11 is 0. The summed E-state index contributed by atoms with van der Waals surface area (Å²) in [7, 11) is -3.62. The van der Waals surface area contributed by atoms with Crippen molar-refractivity contribution in [1.29, 1.82) is 0 Å². The van der Waals surface area contributed by atoms with Crippen LogP contribution < -0.4 is 20.7 Å². The molecular weight excluding hydrogens is 623 g/mol. The maximum Gasteiger partial charge on any atom is 0.235 e. The maximum atomic E-state index is 10.2. The minimum Gasteiger partial charge on any atom is -0.278 e. The lowest BCUT2D eigenvalue weighted by Crippen LogP contribution is -2.74. The molecule has 0 radical (unpaired) electrons. The summed E-state index contributed by atoms with van der Waals surface area (Å²) in [6.07, 6.45) is 0. The first kappa shape index (κ1) is 21.6. The van der Waals surface area contributed by atoms with E-state index in [1.54, 1.807) is 0 Å². The molecule has 9 aromatic rings. The summed E-state index contributed by atoms with van der Waals surface area (Å²) in [5.41, 5.74) is 1.26. The van der Waals surface area contributed by atoms with Gasteiger partial charge in [-0.05, 0) is 38.9 Å². The highest BCUT2D eigenvalue weighted by atomic mass is 28.3. The van der Waals surface area contributed by atoms with Gasteiger partial charge in [0.15, 0.2) is 8.07 Å². The molecule has 0 spiro atoms. The van der Waals surface area contributed by atoms with Gasteiger partial charge in [-0.25, -0.2) is 9.97 Å². The summed E-state index contributed by atoms with van der Waals surface area (Å²) in [4.78, 5) is 9.96. The number of rotatable bonds is 7. The molecule has 3 nitrogen and oxygen atoms in total. The van der Waals surface area contributed by atoms with Crippen molar-refractivity contribution in [2.45, 2.75) is 0 Å². The maximum absolute atomic E-state index is 10.2. The number of hydrogen-bond acceptors (Lipinski definition) is 2. The van der Waals surface area contributed by atoms with E-state index < -0.39 is 50.4 Å². The zero-order chi connectivity index (χ0) is 41.2. The largest absolute Gasteiger partial charge is 0.278 e. The van der Waals surface area contributed by atoms with Crippen LogP contribution in [0.2, 0.25) is 0 Å². The molecule has 0 saturated heterocycles. The van der Waals surface area contributed by atoms with Crippen LogP contribution in [0.3, 0.4) is 0 Å². The van der Waals surface area contributed by atoms with Crippen molar-refractivity contribution in [1.82, 2.24) is 14.5 Å². The molecule has 2 heterocycles. The van der Waals surface area contributed by atoms with Crippen molar-refractivity contribution in [3.8, 4) is 28.5 Å². The second kappa shape index (κ2) is 12.6. The normalized spacial score (nSPS) is 14.1. The number of hydrogen-bond donors (Lipinski definition) is 0. The second-order valence-electron chi connectivity index (χ2n) is 11.9. The van der Waals surface area contributed by atoms with Gasteiger partial charge in [-0.15, -0.1) is 0 Å². The molecule has 0 unspecified atom stereocenters. The number of benzene rings is 7. The van der Waals surface area contributed by atoms with Crippen molar-refractivity contribution in [3.05, 3.63) is 200 Å². The number of para-hydroxylation sites is 2. The molecular formula is C46H33N3Si. The van der Waals surface area contributed by atoms with Crippen molar-refractivity contribution in [2.24, 2.45) is 0 Å². The molecule has 4 heteroatoms. The van der Waals surface area contributed by atoms with Crippen LogP contribution in [0.25, 0.3) is 50.3 Å². The highest BCUT2D eigenvalue weighted by molar-refractivity contribution is 7.19. The number of fused-ring (bicyclic) bond motifs is 3. The lowest BCUT2D eigenvalue weighted by molar-refractivity contribution is 0.996. The van der Waals surface area contributed by atoms with Crippen LogP contribution in [-0.4, -0.2) is 22.6 Å². The van der Waals surface area contributed by atoms with E-state index in [-0.39, 0.29) is 40.5 Å². The molecule has 2 aromatic heterocycles. The average molecular weight is 665 g/mol. The Labute approximate surface area is 305 Å². The Morgan fingerprint density at radius 2 is 0.900 bits per heavy atom. The Morgan fingerprint density at radius 1 is 0.440 bits per heavy atom. The van der Waals surface area contributed by atoms with E-state index in [1.807, 2.05) is 144 Å². The molecule has 0 aliphatic rings. The summed E-state index contributed by atoms with van der Waals surface area (Å²) in [5, 5.41) is 4.71. The fourth-order valence-electron chi connectivity index (χ4n) is 6.96. The third-order valence-electron chi connectivity index (χ3n) is 9.13. The summed E-state index contributed by atoms with van der Waals surface area (Å²) in [5.74, 6) is 0.0706. The Bertz CT molecular complexity index is 2930. The smallest absolute Gasteiger partial charge is 0.235 e. The molecule has 0 N–H and O–H groups in total. The molecule has 9 rings (SSSR count). The zero-order valence-electron chi connectivity index (χ0n) is 35.7. The lowest BCUT2D eigenvalue weighted by Gasteiger charge is -2.34. The molecule has 0 saturated carbocycles. The van der Waals surface area contributed by atoms with Crippen LogP contribution in [-0.2, 0) is 0 Å². The topological polar surface area (TPSA) is 30.7 Å². The second-order valence-corrected chi connectivity index (χ2v) is 15.6. The Hall–Kier alpha value is -6.36. The van der Waals surface area contributed by atoms with E-state index in [0.29, 0.717) is 5.19 Å². The van der Waals surface area contributed by atoms with Gasteiger partial charge in [0, 0.05) is 21.9 Å². The SMILES string of the molecule is [2H]c1c([2H])c([2H])c(-c2cc(-c3c([2H])c([2H])c([2H])c([Si](c4ccccc4)(c4ccccc4)c4ccccc4)c3[2H])nc(-n3c4ccccc4c4ccccc43)n2)c([2H])c1[2H]. The third-order valence-corrected chi connectivity index (χ3v) is 13.7. The van der Waals surface area contributed by atoms with Crippen molar-refractivity contribution in [2.75, 3.05) is 0 Å².